The van der Waals surface area contributed by atoms with Crippen LogP contribution in [0, 0.1) is 0 Å². The lowest BCUT2D eigenvalue weighted by atomic mass is 10.2. The molecule has 72 valence electrons. The SMILES string of the molecule is CCC(C)Nc1nccc(N)c1N. The topological polar surface area (TPSA) is 77.0 Å². The Bertz CT molecular complexity index is 285. The number of nitrogens with two attached hydrogens (primary N) is 2. The largest absolute Gasteiger partial charge is 0.397 e. The molecule has 0 amide bonds. The molecule has 0 aromatic carbocycles. The summed E-state index contributed by atoms with van der Waals surface area (Å²) in [5, 5.41) is 3.18. The lowest BCUT2D eigenvalue weighted by Crippen LogP contribution is -2.16. The number of hydrogen-bond donors (Lipinski definition) is 3. The molecule has 13 heavy (non-hydrogen) atoms. The minimum atomic E-state index is 0.358. The molecule has 1 aromatic heterocycles. The number of nitrogens with one attached hydrogen (secondary N) is 1. The van der Waals surface area contributed by atoms with Gasteiger partial charge < -0.3 is 16.8 Å². The van der Waals surface area contributed by atoms with Crippen molar-refractivity contribution in [3.8, 4) is 0 Å². The molecule has 0 aliphatic carbocycles. The fourth-order valence-electron chi connectivity index (χ4n) is 0.939. The molecule has 1 rings (SSSR count). The molecular weight excluding hydrogens is 164 g/mol. The highest BCUT2D eigenvalue weighted by atomic mass is 15.0. The fourth-order valence-corrected chi connectivity index (χ4v) is 0.939. The summed E-state index contributed by atoms with van der Waals surface area (Å²) in [6.45, 7) is 4.17. The van der Waals surface area contributed by atoms with Crippen molar-refractivity contribution in [2.45, 2.75) is 26.3 Å². The van der Waals surface area contributed by atoms with Gasteiger partial charge in [-0.15, -0.1) is 0 Å². The number of nitrogen functional groups attached to an aromatic ring is 2. The van der Waals surface area contributed by atoms with E-state index in [0.29, 0.717) is 23.2 Å². The van der Waals surface area contributed by atoms with Gasteiger partial charge in [0.05, 0.1) is 11.4 Å². The van der Waals surface area contributed by atoms with E-state index in [9.17, 15) is 0 Å². The molecule has 0 spiro atoms. The van der Waals surface area contributed by atoms with Gasteiger partial charge in [-0.1, -0.05) is 6.92 Å². The van der Waals surface area contributed by atoms with Crippen LogP contribution in [0.15, 0.2) is 12.3 Å². The van der Waals surface area contributed by atoms with Gasteiger partial charge in [-0.05, 0) is 19.4 Å². The summed E-state index contributed by atoms with van der Waals surface area (Å²) < 4.78 is 0. The molecule has 0 bridgehead atoms. The maximum Gasteiger partial charge on any atom is 0.151 e. The van der Waals surface area contributed by atoms with Crippen LogP contribution in [0.1, 0.15) is 20.3 Å². The van der Waals surface area contributed by atoms with Crippen molar-refractivity contribution in [3.63, 3.8) is 0 Å². The molecule has 1 aromatic rings. The number of hydrogen-bond acceptors (Lipinski definition) is 4. The second kappa shape index (κ2) is 3.98. The summed E-state index contributed by atoms with van der Waals surface area (Å²) in [6, 6.07) is 2.05. The van der Waals surface area contributed by atoms with E-state index < -0.39 is 0 Å². The number of pyridine rings is 1. The third-order valence-electron chi connectivity index (χ3n) is 2.02. The summed E-state index contributed by atoms with van der Waals surface area (Å²) >= 11 is 0. The van der Waals surface area contributed by atoms with Crippen molar-refractivity contribution in [2.75, 3.05) is 16.8 Å². The van der Waals surface area contributed by atoms with Crippen LogP contribution in [0.2, 0.25) is 0 Å². The smallest absolute Gasteiger partial charge is 0.151 e. The van der Waals surface area contributed by atoms with E-state index in [0.717, 1.165) is 6.42 Å². The van der Waals surface area contributed by atoms with Crippen molar-refractivity contribution in [1.82, 2.24) is 4.98 Å². The molecule has 1 atom stereocenters. The third-order valence-corrected chi connectivity index (χ3v) is 2.02. The molecule has 0 fully saturated rings. The molecule has 4 nitrogen and oxygen atoms in total. The molecule has 0 saturated heterocycles. The standard InChI is InChI=1S/C9H16N4/c1-3-6(2)13-9-8(11)7(10)4-5-12-9/h4-6H,3,11H2,1-2H3,(H3,10,12,13). The monoisotopic (exact) mass is 180 g/mol. The van der Waals surface area contributed by atoms with Gasteiger partial charge in [0.15, 0.2) is 5.82 Å². The zero-order chi connectivity index (χ0) is 9.84. The van der Waals surface area contributed by atoms with Crippen LogP contribution in [0.5, 0.6) is 0 Å². The lowest BCUT2D eigenvalue weighted by Gasteiger charge is -2.14. The van der Waals surface area contributed by atoms with Crippen molar-refractivity contribution in [2.24, 2.45) is 0 Å². The summed E-state index contributed by atoms with van der Waals surface area (Å²) in [4.78, 5) is 4.11. The first kappa shape index (κ1) is 9.64. The summed E-state index contributed by atoms with van der Waals surface area (Å²) in [5.74, 6) is 0.675. The Balaban J connectivity index is 2.83. The normalized spacial score (nSPS) is 12.5. The number of rotatable bonds is 3. The van der Waals surface area contributed by atoms with Crippen LogP contribution in [-0.4, -0.2) is 11.0 Å². The summed E-state index contributed by atoms with van der Waals surface area (Å²) in [6.07, 6.45) is 2.67. The number of nitrogens with zero attached hydrogens (tertiary/aromatic N) is 1. The zero-order valence-corrected chi connectivity index (χ0v) is 8.04. The van der Waals surface area contributed by atoms with Gasteiger partial charge in [0.25, 0.3) is 0 Å². The first-order valence-electron chi connectivity index (χ1n) is 4.41. The number of anilines is 3. The summed E-state index contributed by atoms with van der Waals surface area (Å²) in [5.41, 5.74) is 12.5. The van der Waals surface area contributed by atoms with E-state index in [1.807, 2.05) is 0 Å². The fraction of sp³-hybridized carbons (Fsp3) is 0.444. The Labute approximate surface area is 78.3 Å². The Morgan fingerprint density at radius 1 is 1.54 bits per heavy atom. The van der Waals surface area contributed by atoms with E-state index >= 15 is 0 Å². The van der Waals surface area contributed by atoms with Gasteiger partial charge in [0.1, 0.15) is 0 Å². The van der Waals surface area contributed by atoms with Gasteiger partial charge in [0, 0.05) is 12.2 Å². The second-order valence-electron chi connectivity index (χ2n) is 3.12. The average molecular weight is 180 g/mol. The van der Waals surface area contributed by atoms with Crippen LogP contribution >= 0.6 is 0 Å². The molecule has 0 aliphatic rings. The highest BCUT2D eigenvalue weighted by Crippen LogP contribution is 2.22. The zero-order valence-electron chi connectivity index (χ0n) is 8.04. The van der Waals surface area contributed by atoms with Gasteiger partial charge in [-0.3, -0.25) is 0 Å². The van der Waals surface area contributed by atoms with Crippen molar-refractivity contribution >= 4 is 17.2 Å². The first-order valence-corrected chi connectivity index (χ1v) is 4.41. The molecule has 1 unspecified atom stereocenters. The van der Waals surface area contributed by atoms with E-state index in [2.05, 4.69) is 24.1 Å². The number of aromatic nitrogens is 1. The molecule has 0 aliphatic heterocycles. The Morgan fingerprint density at radius 3 is 2.85 bits per heavy atom. The summed E-state index contributed by atoms with van der Waals surface area (Å²) in [7, 11) is 0. The Morgan fingerprint density at radius 2 is 2.23 bits per heavy atom. The minimum absolute atomic E-state index is 0.358. The van der Waals surface area contributed by atoms with Crippen LogP contribution in [0.4, 0.5) is 17.2 Å². The van der Waals surface area contributed by atoms with Crippen LogP contribution in [0.3, 0.4) is 0 Å². The van der Waals surface area contributed by atoms with E-state index in [-0.39, 0.29) is 0 Å². The maximum absolute atomic E-state index is 5.74. The van der Waals surface area contributed by atoms with Crippen LogP contribution < -0.4 is 16.8 Å². The maximum atomic E-state index is 5.74. The average Bonchev–Trinajstić information content (AvgIpc) is 2.13. The van der Waals surface area contributed by atoms with E-state index in [1.165, 1.54) is 0 Å². The lowest BCUT2D eigenvalue weighted by molar-refractivity contribution is 0.760. The second-order valence-corrected chi connectivity index (χ2v) is 3.12. The van der Waals surface area contributed by atoms with Crippen molar-refractivity contribution in [1.29, 1.82) is 0 Å². The van der Waals surface area contributed by atoms with Crippen LogP contribution in [0.25, 0.3) is 0 Å². The van der Waals surface area contributed by atoms with Gasteiger partial charge in [0.2, 0.25) is 0 Å². The minimum Gasteiger partial charge on any atom is -0.397 e. The predicted octanol–water partition coefficient (Wildman–Crippen LogP) is 1.46. The molecule has 5 N–H and O–H groups in total. The predicted molar refractivity (Wildman–Crippen MR) is 56.4 cm³/mol. The van der Waals surface area contributed by atoms with Gasteiger partial charge in [-0.2, -0.15) is 0 Å². The van der Waals surface area contributed by atoms with E-state index in [1.54, 1.807) is 12.3 Å². The first-order chi connectivity index (χ1) is 6.15. The van der Waals surface area contributed by atoms with Crippen LogP contribution in [-0.2, 0) is 0 Å². The van der Waals surface area contributed by atoms with E-state index in [4.69, 9.17) is 11.5 Å². The highest BCUT2D eigenvalue weighted by molar-refractivity contribution is 5.75. The Hall–Kier alpha value is -1.45. The molecule has 4 heteroatoms. The van der Waals surface area contributed by atoms with Gasteiger partial charge >= 0.3 is 0 Å². The highest BCUT2D eigenvalue weighted by Gasteiger charge is 2.05. The molecule has 0 saturated carbocycles. The molecular formula is C9H16N4. The van der Waals surface area contributed by atoms with Gasteiger partial charge in [-0.25, -0.2) is 4.98 Å². The molecule has 0 radical (unpaired) electrons. The Kier molecular flexibility index (Phi) is 2.95. The quantitative estimate of drug-likeness (QED) is 0.658. The van der Waals surface area contributed by atoms with Crippen molar-refractivity contribution < 1.29 is 0 Å². The molecule has 1 heterocycles. The van der Waals surface area contributed by atoms with Crippen molar-refractivity contribution in [3.05, 3.63) is 12.3 Å². The third kappa shape index (κ3) is 2.24.